The minimum atomic E-state index is 0.00366. The Bertz CT molecular complexity index is 652. The van der Waals surface area contributed by atoms with E-state index in [1.165, 1.54) is 23.5 Å². The highest BCUT2D eigenvalue weighted by Gasteiger charge is 2.19. The molecular weight excluding hydrogens is 354 g/mol. The first-order valence-electron chi connectivity index (χ1n) is 8.41. The second kappa shape index (κ2) is 9.36. The van der Waals surface area contributed by atoms with Crippen molar-refractivity contribution in [3.05, 3.63) is 59.5 Å². The molecule has 1 aromatic heterocycles. The molecule has 0 atom stereocenters. The van der Waals surface area contributed by atoms with E-state index in [1.54, 1.807) is 18.3 Å². The van der Waals surface area contributed by atoms with E-state index in [0.29, 0.717) is 29.8 Å². The van der Waals surface area contributed by atoms with Gasteiger partial charge in [-0.2, -0.15) is 0 Å². The van der Waals surface area contributed by atoms with E-state index in [4.69, 9.17) is 9.15 Å². The molecule has 3 rings (SSSR count). The third-order valence-corrected chi connectivity index (χ3v) is 7.05. The van der Waals surface area contributed by atoms with Crippen molar-refractivity contribution in [1.82, 2.24) is 4.90 Å². The van der Waals surface area contributed by atoms with Crippen LogP contribution in [0, 0.1) is 0 Å². The molecule has 1 fully saturated rings. The van der Waals surface area contributed by atoms with Crippen molar-refractivity contribution in [1.29, 1.82) is 0 Å². The Hall–Kier alpha value is -1.37. The summed E-state index contributed by atoms with van der Waals surface area (Å²) in [6.45, 7) is 1.48. The number of ether oxygens (including phenoxy) is 1. The van der Waals surface area contributed by atoms with Crippen LogP contribution in [0.25, 0.3) is 0 Å². The minimum absolute atomic E-state index is 0.00366. The van der Waals surface area contributed by atoms with Gasteiger partial charge >= 0.3 is 0 Å². The fourth-order valence-corrected chi connectivity index (χ4v) is 5.58. The maximum Gasteiger partial charge on any atom is 0.254 e. The number of carbonyl (C=O) groups excluding carboxylic acids is 1. The largest absolute Gasteiger partial charge is 0.467 e. The average Bonchev–Trinajstić information content (AvgIpc) is 3.18. The summed E-state index contributed by atoms with van der Waals surface area (Å²) < 4.78 is 11.0. The highest BCUT2D eigenvalue weighted by molar-refractivity contribution is 8.16. The molecule has 0 N–H and O–H groups in total. The fraction of sp³-hybridized carbons (Fsp3) is 0.421. The molecule has 0 unspecified atom stereocenters. The molecule has 0 radical (unpaired) electrons. The number of furan rings is 1. The molecule has 1 saturated heterocycles. The first-order chi connectivity index (χ1) is 12.3. The molecule has 25 heavy (non-hydrogen) atoms. The number of rotatable bonds is 7. The van der Waals surface area contributed by atoms with Crippen LogP contribution in [0.3, 0.4) is 0 Å². The van der Waals surface area contributed by atoms with Crippen molar-refractivity contribution in [3.8, 4) is 0 Å². The number of amides is 1. The molecule has 2 heterocycles. The summed E-state index contributed by atoms with van der Waals surface area (Å²) in [4.78, 5) is 14.6. The number of benzene rings is 1. The summed E-state index contributed by atoms with van der Waals surface area (Å²) in [5.41, 5.74) is 2.00. The zero-order valence-corrected chi connectivity index (χ0v) is 16.0. The van der Waals surface area contributed by atoms with Gasteiger partial charge in [0.25, 0.3) is 5.91 Å². The van der Waals surface area contributed by atoms with Gasteiger partial charge in [-0.05, 0) is 47.8 Å². The summed E-state index contributed by atoms with van der Waals surface area (Å²) in [7, 11) is 1.64. The van der Waals surface area contributed by atoms with Crippen LogP contribution >= 0.6 is 23.5 Å². The molecule has 0 aliphatic carbocycles. The van der Waals surface area contributed by atoms with E-state index in [9.17, 15) is 4.79 Å². The van der Waals surface area contributed by atoms with Crippen molar-refractivity contribution >= 4 is 29.4 Å². The molecule has 0 spiro atoms. The normalized spacial score (nSPS) is 15.2. The van der Waals surface area contributed by atoms with Gasteiger partial charge in [0.1, 0.15) is 5.76 Å². The smallest absolute Gasteiger partial charge is 0.254 e. The Morgan fingerprint density at radius 2 is 2.00 bits per heavy atom. The number of thioether (sulfide) groups is 2. The van der Waals surface area contributed by atoms with Crippen LogP contribution in [-0.4, -0.2) is 42.6 Å². The Kier molecular flexibility index (Phi) is 6.90. The zero-order chi connectivity index (χ0) is 17.5. The molecule has 1 amide bonds. The molecule has 1 aliphatic heterocycles. The fourth-order valence-electron chi connectivity index (χ4n) is 2.69. The van der Waals surface area contributed by atoms with Crippen LogP contribution in [0.4, 0.5) is 0 Å². The molecule has 4 nitrogen and oxygen atoms in total. The highest BCUT2D eigenvalue weighted by Crippen LogP contribution is 2.43. The first kappa shape index (κ1) is 18.4. The predicted octanol–water partition coefficient (Wildman–Crippen LogP) is 4.44. The standard InChI is InChI=1S/C19H23NO3S2/c1-22-11-9-20(14-17-4-2-10-23-17)18(21)15-5-7-16(8-6-15)19-24-12-3-13-25-19/h2,4-8,10,19H,3,9,11-14H2,1H3. The van der Waals surface area contributed by atoms with Crippen molar-refractivity contribution in [2.24, 2.45) is 0 Å². The zero-order valence-electron chi connectivity index (χ0n) is 14.3. The molecule has 6 heteroatoms. The van der Waals surface area contributed by atoms with Crippen LogP contribution < -0.4 is 0 Å². The van der Waals surface area contributed by atoms with E-state index in [1.807, 2.05) is 47.8 Å². The Labute approximate surface area is 157 Å². The Balaban J connectivity index is 1.69. The molecule has 1 aromatic carbocycles. The second-order valence-corrected chi connectivity index (χ2v) is 8.57. The lowest BCUT2D eigenvalue weighted by Gasteiger charge is -2.23. The van der Waals surface area contributed by atoms with E-state index in [-0.39, 0.29) is 5.91 Å². The maximum atomic E-state index is 12.9. The molecule has 0 bridgehead atoms. The lowest BCUT2D eigenvalue weighted by Crippen LogP contribution is -2.33. The molecule has 0 saturated carbocycles. The molecule has 2 aromatic rings. The van der Waals surface area contributed by atoms with Gasteiger partial charge in [-0.3, -0.25) is 4.79 Å². The van der Waals surface area contributed by atoms with Gasteiger partial charge in [0.15, 0.2) is 0 Å². The van der Waals surface area contributed by atoms with Crippen LogP contribution in [0.15, 0.2) is 47.1 Å². The van der Waals surface area contributed by atoms with Crippen LogP contribution in [0.1, 0.15) is 32.7 Å². The van der Waals surface area contributed by atoms with Gasteiger partial charge in [0, 0.05) is 19.2 Å². The van der Waals surface area contributed by atoms with E-state index in [2.05, 4.69) is 12.1 Å². The van der Waals surface area contributed by atoms with Crippen LogP contribution in [0.2, 0.25) is 0 Å². The second-order valence-electron chi connectivity index (χ2n) is 5.85. The van der Waals surface area contributed by atoms with Gasteiger partial charge in [-0.25, -0.2) is 0 Å². The lowest BCUT2D eigenvalue weighted by molar-refractivity contribution is 0.0666. The van der Waals surface area contributed by atoms with E-state index < -0.39 is 0 Å². The molecule has 1 aliphatic rings. The van der Waals surface area contributed by atoms with Gasteiger partial charge in [0.05, 0.1) is 24.0 Å². The third kappa shape index (κ3) is 5.06. The Morgan fingerprint density at radius 3 is 2.64 bits per heavy atom. The van der Waals surface area contributed by atoms with Gasteiger partial charge in [0.2, 0.25) is 0 Å². The van der Waals surface area contributed by atoms with Gasteiger partial charge in [-0.15, -0.1) is 23.5 Å². The van der Waals surface area contributed by atoms with E-state index in [0.717, 1.165) is 5.76 Å². The van der Waals surface area contributed by atoms with Crippen molar-refractivity contribution in [2.45, 2.75) is 17.5 Å². The summed E-state index contributed by atoms with van der Waals surface area (Å²) in [6.07, 6.45) is 2.91. The summed E-state index contributed by atoms with van der Waals surface area (Å²) in [6, 6.07) is 11.8. The lowest BCUT2D eigenvalue weighted by atomic mass is 10.1. The van der Waals surface area contributed by atoms with Gasteiger partial charge < -0.3 is 14.1 Å². The summed E-state index contributed by atoms with van der Waals surface area (Å²) >= 11 is 3.98. The topological polar surface area (TPSA) is 42.7 Å². The van der Waals surface area contributed by atoms with Gasteiger partial charge in [-0.1, -0.05) is 12.1 Å². The monoisotopic (exact) mass is 377 g/mol. The number of carbonyl (C=O) groups is 1. The molecule has 134 valence electrons. The van der Waals surface area contributed by atoms with Crippen molar-refractivity contribution in [3.63, 3.8) is 0 Å². The highest BCUT2D eigenvalue weighted by atomic mass is 32.2. The van der Waals surface area contributed by atoms with E-state index >= 15 is 0 Å². The summed E-state index contributed by atoms with van der Waals surface area (Å²) in [5, 5.41) is 0. The quantitative estimate of drug-likeness (QED) is 0.714. The SMILES string of the molecule is COCCN(Cc1ccco1)C(=O)c1ccc(C2SCCCS2)cc1. The number of methoxy groups -OCH3 is 1. The number of hydrogen-bond donors (Lipinski definition) is 0. The minimum Gasteiger partial charge on any atom is -0.467 e. The maximum absolute atomic E-state index is 12.9. The third-order valence-electron chi connectivity index (χ3n) is 4.04. The van der Waals surface area contributed by atoms with Crippen LogP contribution in [-0.2, 0) is 11.3 Å². The molecular formula is C19H23NO3S2. The number of nitrogens with zero attached hydrogens (tertiary/aromatic N) is 1. The van der Waals surface area contributed by atoms with Crippen molar-refractivity contribution < 1.29 is 13.9 Å². The first-order valence-corrected chi connectivity index (χ1v) is 10.5. The Morgan fingerprint density at radius 1 is 1.24 bits per heavy atom. The van der Waals surface area contributed by atoms with Crippen LogP contribution in [0.5, 0.6) is 0 Å². The number of hydrogen-bond acceptors (Lipinski definition) is 5. The predicted molar refractivity (Wildman–Crippen MR) is 104 cm³/mol. The van der Waals surface area contributed by atoms with Crippen molar-refractivity contribution in [2.75, 3.05) is 31.8 Å². The average molecular weight is 378 g/mol. The summed E-state index contributed by atoms with van der Waals surface area (Å²) in [5.74, 6) is 3.21.